The number of fused-ring (bicyclic) bond motifs is 1. The minimum atomic E-state index is -1.19. The van der Waals surface area contributed by atoms with Gasteiger partial charge in [-0.2, -0.15) is 5.10 Å². The highest BCUT2D eigenvalue weighted by Gasteiger charge is 2.47. The van der Waals surface area contributed by atoms with Gasteiger partial charge in [0.2, 0.25) is 5.91 Å². The molecule has 2 heterocycles. The van der Waals surface area contributed by atoms with Crippen LogP contribution in [0.5, 0.6) is 11.5 Å². The molecule has 0 saturated carbocycles. The van der Waals surface area contributed by atoms with E-state index in [-0.39, 0.29) is 11.8 Å². The van der Waals surface area contributed by atoms with Crippen molar-refractivity contribution in [3.63, 3.8) is 0 Å². The Kier molecular flexibility index (Phi) is 5.54. The Morgan fingerprint density at radius 2 is 1.88 bits per heavy atom. The molecule has 2 aliphatic rings. The lowest BCUT2D eigenvalue weighted by Gasteiger charge is -2.21. The molecule has 8 nitrogen and oxygen atoms in total. The largest absolute Gasteiger partial charge is 0.493 e. The first-order chi connectivity index (χ1) is 15.2. The van der Waals surface area contributed by atoms with Crippen LogP contribution in [0.4, 0.5) is 5.69 Å². The number of nitrogens with one attached hydrogen (secondary N) is 1. The van der Waals surface area contributed by atoms with Crippen LogP contribution in [0.15, 0.2) is 41.5 Å². The Bertz CT molecular complexity index is 1170. The van der Waals surface area contributed by atoms with Crippen LogP contribution in [-0.2, 0) is 21.2 Å². The van der Waals surface area contributed by atoms with Gasteiger partial charge in [-0.1, -0.05) is 13.0 Å². The Labute approximate surface area is 189 Å². The number of nitrogens with zero attached hydrogens (tertiary/aromatic N) is 2. The third-order valence-electron chi connectivity index (χ3n) is 5.91. The van der Waals surface area contributed by atoms with Gasteiger partial charge in [-0.05, 0) is 55.3 Å². The monoisotopic (exact) mass is 455 g/mol. The van der Waals surface area contributed by atoms with E-state index in [1.54, 1.807) is 38.1 Å². The Balaban J connectivity index is 1.76. The van der Waals surface area contributed by atoms with Gasteiger partial charge in [0.1, 0.15) is 11.0 Å². The van der Waals surface area contributed by atoms with Crippen LogP contribution in [0.3, 0.4) is 0 Å². The van der Waals surface area contributed by atoms with Crippen molar-refractivity contribution in [2.45, 2.75) is 26.2 Å². The number of hydrazone groups is 1. The number of benzene rings is 2. The molecule has 0 aromatic heterocycles. The van der Waals surface area contributed by atoms with Crippen molar-refractivity contribution in [3.8, 4) is 11.5 Å². The predicted molar refractivity (Wildman–Crippen MR) is 123 cm³/mol. The maximum Gasteiger partial charge on any atom is 0.265 e. The molecule has 32 heavy (non-hydrogen) atoms. The average Bonchev–Trinajstić information content (AvgIpc) is 2.98. The lowest BCUT2D eigenvalue weighted by molar-refractivity contribution is -0.121. The molecule has 2 aromatic carbocycles. The number of carbonyl (C=O) groups excluding carboxylic acids is 2. The van der Waals surface area contributed by atoms with E-state index >= 15 is 0 Å². The summed E-state index contributed by atoms with van der Waals surface area (Å²) in [6.45, 7) is 5.58. The number of amides is 2. The van der Waals surface area contributed by atoms with Crippen molar-refractivity contribution >= 4 is 34.2 Å². The number of methoxy groups -OCH3 is 2. The molecule has 0 aliphatic carbocycles. The number of anilines is 1. The summed E-state index contributed by atoms with van der Waals surface area (Å²) in [4.78, 5) is 30.6. The maximum atomic E-state index is 13.4. The van der Waals surface area contributed by atoms with Crippen molar-refractivity contribution in [3.05, 3.63) is 53.1 Å². The molecule has 168 valence electrons. The fourth-order valence-corrected chi connectivity index (χ4v) is 4.98. The highest BCUT2D eigenvalue weighted by Crippen LogP contribution is 2.43. The third kappa shape index (κ3) is 3.46. The van der Waals surface area contributed by atoms with E-state index in [9.17, 15) is 13.8 Å². The molecular formula is C23H25N3O5S. The number of carbonyl (C=O) groups is 2. The lowest BCUT2D eigenvalue weighted by Crippen LogP contribution is -2.40. The van der Waals surface area contributed by atoms with Crippen LogP contribution >= 0.6 is 0 Å². The third-order valence-corrected chi connectivity index (χ3v) is 7.01. The van der Waals surface area contributed by atoms with Gasteiger partial charge in [-0.15, -0.1) is 0 Å². The first-order valence-electron chi connectivity index (χ1n) is 10.2. The van der Waals surface area contributed by atoms with Crippen LogP contribution in [0, 0.1) is 5.92 Å². The van der Waals surface area contributed by atoms with Crippen LogP contribution in [-0.4, -0.2) is 41.7 Å². The summed E-state index contributed by atoms with van der Waals surface area (Å²) in [5, 5.41) is 4.27. The smallest absolute Gasteiger partial charge is 0.265 e. The molecule has 2 amide bonds. The molecule has 1 N–H and O–H groups in total. The van der Waals surface area contributed by atoms with Gasteiger partial charge in [-0.25, -0.2) is 13.9 Å². The maximum absolute atomic E-state index is 13.4. The van der Waals surface area contributed by atoms with Crippen molar-refractivity contribution in [2.75, 3.05) is 24.9 Å². The molecule has 2 aromatic rings. The van der Waals surface area contributed by atoms with E-state index in [2.05, 4.69) is 9.93 Å². The van der Waals surface area contributed by atoms with Crippen molar-refractivity contribution in [1.29, 1.82) is 0 Å². The van der Waals surface area contributed by atoms with Crippen molar-refractivity contribution in [1.82, 2.24) is 4.83 Å². The van der Waals surface area contributed by atoms with Crippen molar-refractivity contribution < 1.29 is 23.3 Å². The quantitative estimate of drug-likeness (QED) is 0.715. The number of rotatable bonds is 4. The summed E-state index contributed by atoms with van der Waals surface area (Å²) >= 11 is 0. The molecule has 2 unspecified atom stereocenters. The van der Waals surface area contributed by atoms with Crippen LogP contribution < -0.4 is 19.2 Å². The fourth-order valence-electron chi connectivity index (χ4n) is 4.10. The zero-order chi connectivity index (χ0) is 23.2. The molecule has 2 aliphatic heterocycles. The van der Waals surface area contributed by atoms with Crippen molar-refractivity contribution in [2.24, 2.45) is 11.0 Å². The van der Waals surface area contributed by atoms with Crippen LogP contribution in [0.1, 0.15) is 42.3 Å². The summed E-state index contributed by atoms with van der Waals surface area (Å²) in [5.41, 5.74) is 2.33. The Hall–Kier alpha value is -3.20. The molecule has 9 heteroatoms. The fraction of sp³-hybridized carbons (Fsp3) is 0.348. The van der Waals surface area contributed by atoms with Crippen LogP contribution in [0.25, 0.3) is 0 Å². The minimum absolute atomic E-state index is 0.000140. The summed E-state index contributed by atoms with van der Waals surface area (Å²) in [6.07, 6.45) is 0. The molecule has 0 saturated heterocycles. The first-order valence-corrected chi connectivity index (χ1v) is 11.5. The second-order valence-electron chi connectivity index (χ2n) is 8.37. The van der Waals surface area contributed by atoms with Gasteiger partial charge >= 0.3 is 0 Å². The predicted octanol–water partition coefficient (Wildman–Crippen LogP) is 2.78. The zero-order valence-electron chi connectivity index (χ0n) is 18.6. The topological polar surface area (TPSA) is 97.3 Å². The molecule has 0 bridgehead atoms. The standard InChI is InChI=1S/C23H25N3O5S/c1-13-12-32(29)25-24-20(13)14-6-8-17-16(10-14)23(2,3)22(28)26(17)21(27)15-7-9-18(30-4)19(11-15)31-5/h6-11,13,25H,12H2,1-5H3. The molecule has 2 atom stereocenters. The average molecular weight is 456 g/mol. The zero-order valence-corrected chi connectivity index (χ0v) is 19.4. The van der Waals surface area contributed by atoms with E-state index in [1.165, 1.54) is 19.1 Å². The van der Waals surface area contributed by atoms with Gasteiger partial charge in [-0.3, -0.25) is 9.59 Å². The van der Waals surface area contributed by atoms with E-state index < -0.39 is 22.3 Å². The van der Waals surface area contributed by atoms with Crippen LogP contribution in [0.2, 0.25) is 0 Å². The number of hydrogen-bond donors (Lipinski definition) is 1. The van der Waals surface area contributed by atoms with Gasteiger partial charge in [0.15, 0.2) is 11.5 Å². The number of ether oxygens (including phenoxy) is 2. The summed E-state index contributed by atoms with van der Waals surface area (Å²) in [5.74, 6) is 0.633. The van der Waals surface area contributed by atoms with Gasteiger partial charge in [0, 0.05) is 11.5 Å². The number of imide groups is 1. The Morgan fingerprint density at radius 3 is 2.53 bits per heavy atom. The molecule has 4 rings (SSSR count). The van der Waals surface area contributed by atoms with Gasteiger partial charge in [0.05, 0.1) is 36.8 Å². The highest BCUT2D eigenvalue weighted by atomic mass is 32.2. The second-order valence-corrected chi connectivity index (χ2v) is 9.58. The molecular weight excluding hydrogens is 430 g/mol. The van der Waals surface area contributed by atoms with E-state index in [0.29, 0.717) is 28.5 Å². The SMILES string of the molecule is COc1ccc(C(=O)N2C(=O)C(C)(C)c3cc(C4=NNS(=O)CC4C)ccc32)cc1OC. The van der Waals surface area contributed by atoms with E-state index in [4.69, 9.17) is 9.47 Å². The second kappa shape index (κ2) is 8.05. The molecule has 0 spiro atoms. The summed E-state index contributed by atoms with van der Waals surface area (Å²) < 4.78 is 22.3. The normalized spacial score (nSPS) is 21.5. The van der Waals surface area contributed by atoms with Gasteiger partial charge in [0.25, 0.3) is 5.91 Å². The van der Waals surface area contributed by atoms with E-state index in [1.807, 2.05) is 19.1 Å². The first kappa shape index (κ1) is 22.0. The lowest BCUT2D eigenvalue weighted by atomic mass is 9.84. The van der Waals surface area contributed by atoms with E-state index in [0.717, 1.165) is 16.8 Å². The number of hydrogen-bond acceptors (Lipinski definition) is 6. The highest BCUT2D eigenvalue weighted by molar-refractivity contribution is 7.83. The minimum Gasteiger partial charge on any atom is -0.493 e. The Morgan fingerprint density at radius 1 is 1.16 bits per heavy atom. The summed E-state index contributed by atoms with van der Waals surface area (Å²) in [6, 6.07) is 10.3. The molecule has 0 radical (unpaired) electrons. The summed E-state index contributed by atoms with van der Waals surface area (Å²) in [7, 11) is 1.82. The molecule has 0 fully saturated rings. The van der Waals surface area contributed by atoms with Gasteiger partial charge < -0.3 is 9.47 Å².